The molecule has 1 unspecified atom stereocenters. The zero-order valence-electron chi connectivity index (χ0n) is 24.6. The third-order valence-corrected chi connectivity index (χ3v) is 86.2. The Morgan fingerprint density at radius 2 is 0.356 bits per heavy atom. The average Bonchev–Trinajstić information content (AvgIpc) is 2.98. The van der Waals surface area contributed by atoms with Crippen molar-refractivity contribution in [3.05, 3.63) is 0 Å². The monoisotopic (exact) mass is 3220 g/mol. The van der Waals surface area contributed by atoms with Gasteiger partial charge in [-0.3, -0.25) is 4.18 Å². The van der Waals surface area contributed by atoms with Gasteiger partial charge in [-0.1, -0.05) is 558 Å². The summed E-state index contributed by atoms with van der Waals surface area (Å²) in [5.74, 6) is 0. The van der Waals surface area contributed by atoms with Crippen molar-refractivity contribution in [2.24, 2.45) is 0 Å². The molecule has 0 aromatic rings. The van der Waals surface area contributed by atoms with Gasteiger partial charge in [-0.15, -0.1) is 0 Å². The summed E-state index contributed by atoms with van der Waals surface area (Å²) in [5, 5.41) is 0. The summed E-state index contributed by atoms with van der Waals surface area (Å²) < 4.78 is 3.67. The third-order valence-electron chi connectivity index (χ3n) is 6.81. The van der Waals surface area contributed by atoms with Crippen LogP contribution in [-0.4, -0.2) is 66.1 Å². The van der Waals surface area contributed by atoms with Gasteiger partial charge in [0.15, 0.2) is 5.38 Å². The molecule has 0 N–H and O–H groups in total. The second-order valence-electron chi connectivity index (χ2n) is 10.5. The lowest BCUT2D eigenvalue weighted by atomic mass is 10.0. The van der Waals surface area contributed by atoms with E-state index in [9.17, 15) is 8.76 Å². The van der Waals surface area contributed by atoms with Crippen LogP contribution in [0.15, 0.2) is 0 Å². The summed E-state index contributed by atoms with van der Waals surface area (Å²) in [5.41, 5.74) is 0. The highest BCUT2D eigenvalue weighted by atomic mass is 80.0. The van der Waals surface area contributed by atoms with Crippen LogP contribution in [0.5, 0.6) is 0 Å². The van der Waals surface area contributed by atoms with E-state index in [4.69, 9.17) is 4.18 Å². The maximum Gasteiger partial charge on any atom is 0.219 e. The lowest BCUT2D eigenvalue weighted by Gasteiger charge is -2.62. The molecule has 0 saturated heterocycles. The molecular formula is C18Br37O3S-. The van der Waals surface area contributed by atoms with E-state index < -0.39 is 68.7 Å². The lowest BCUT2D eigenvalue weighted by molar-refractivity contribution is 0.247. The molecule has 0 spiro atoms. The van der Waals surface area contributed by atoms with Crippen LogP contribution in [0.25, 0.3) is 0 Å². The van der Waals surface area contributed by atoms with Gasteiger partial charge in [0.2, 0.25) is 3.42 Å². The molecule has 41 heteroatoms. The SMILES string of the molecule is O=S([O-])OC(Br)(Br)C(Br)(Br)C(Br)(Br)C(Br)(Br)C(Br)(Br)C(Br)(Br)C(Br)(Br)C(Br)(Br)C(Br)(Br)C(Br)(Br)C(Br)(Br)C(Br)(Br)C(Br)(Br)C(Br)(Br)C(Br)(Br)C(Br)(Br)C(Br)(Br)C(Br)(Br)Br. The van der Waals surface area contributed by atoms with E-state index in [-0.39, 0.29) is 0 Å². The molecule has 0 radical (unpaired) electrons. The molecule has 0 aliphatic rings. The highest BCUT2D eigenvalue weighted by molar-refractivity contribution is 9.43. The molecule has 356 valence electrons. The number of hydrogen-bond donors (Lipinski definition) is 0. The van der Waals surface area contributed by atoms with Crippen molar-refractivity contribution < 1.29 is 12.9 Å². The van der Waals surface area contributed by atoms with Gasteiger partial charge in [-0.2, -0.15) is 0 Å². The van der Waals surface area contributed by atoms with Crippen LogP contribution in [0.1, 0.15) is 0 Å². The molecule has 0 aromatic carbocycles. The molecule has 0 amide bonds. The van der Waals surface area contributed by atoms with E-state index in [1.807, 2.05) is 0 Å². The standard InChI is InChI=1S/C18HBr37O3S/c19-1(20,3(23,24)5(27,28)7(31,32)9(35,36)11(39,40)13(43,44)15(47,48)17(51,52)53)2(21,22)4(25,26)6(29,30)8(33,34)10(37,38)12(41,42)14(45,46)16(49,50)18(54,55)58-59(56)57/h(H,56,57)/p-1. The van der Waals surface area contributed by atoms with Crippen LogP contribution in [0.3, 0.4) is 0 Å². The zero-order chi connectivity index (χ0) is 49.3. The summed E-state index contributed by atoms with van der Waals surface area (Å²) in [6.45, 7) is 0. The fourth-order valence-electron chi connectivity index (χ4n) is 3.26. The Bertz CT molecular complexity index is 1570. The Kier molecular flexibility index (Phi) is 32.8. The van der Waals surface area contributed by atoms with Crippen molar-refractivity contribution >= 4 is 601 Å². The van der Waals surface area contributed by atoms with Crippen LogP contribution in [-0.2, 0) is 15.5 Å². The molecule has 0 heterocycles. The Labute approximate surface area is 654 Å². The van der Waals surface area contributed by atoms with Crippen molar-refractivity contribution in [2.45, 2.75) is 57.3 Å². The minimum Gasteiger partial charge on any atom is -0.750 e. The van der Waals surface area contributed by atoms with Gasteiger partial charge in [-0.25, -0.2) is 4.21 Å². The second kappa shape index (κ2) is 25.2. The summed E-state index contributed by atoms with van der Waals surface area (Å²) in [4.78, 5) is 0. The number of halogens is 37. The molecule has 0 bridgehead atoms. The van der Waals surface area contributed by atoms with Crippen LogP contribution in [0.2, 0.25) is 0 Å². The van der Waals surface area contributed by atoms with E-state index in [0.717, 1.165) is 0 Å². The maximum absolute atomic E-state index is 11.7. The topological polar surface area (TPSA) is 49.4 Å². The van der Waals surface area contributed by atoms with Crippen LogP contribution in [0.4, 0.5) is 0 Å². The Morgan fingerprint density at radius 1 is 0.237 bits per heavy atom. The fraction of sp³-hybridized carbons (Fsp3) is 1.00. The van der Waals surface area contributed by atoms with Gasteiger partial charge in [0.25, 0.3) is 0 Å². The second-order valence-corrected chi connectivity index (χ2v) is 76.2. The van der Waals surface area contributed by atoms with Crippen molar-refractivity contribution in [3.63, 3.8) is 0 Å². The number of alkyl halides is 37. The Balaban J connectivity index is 7.88. The first kappa shape index (κ1) is 76.8. The van der Waals surface area contributed by atoms with Gasteiger partial charge in [0.05, 0.1) is 11.4 Å². The molecule has 0 aliphatic heterocycles. The average molecular weight is 3250 g/mol. The van der Waals surface area contributed by atoms with Crippen LogP contribution >= 0.6 is 589 Å². The fourth-order valence-corrected chi connectivity index (χ4v) is 41.4. The molecule has 1 atom stereocenters. The normalized spacial score (nSPS) is 17.7. The van der Waals surface area contributed by atoms with Crippen molar-refractivity contribution in [1.82, 2.24) is 0 Å². The minimum atomic E-state index is -2.97. The maximum atomic E-state index is 11.7. The molecule has 0 fully saturated rings. The van der Waals surface area contributed by atoms with Crippen molar-refractivity contribution in [3.8, 4) is 0 Å². The predicted octanol–water partition coefficient (Wildman–Crippen LogP) is 26.9. The van der Waals surface area contributed by atoms with Gasteiger partial charge in [-0.05, 0) is 31.9 Å². The molecule has 59 heavy (non-hydrogen) atoms. The van der Waals surface area contributed by atoms with E-state index >= 15 is 0 Å². The first-order valence-electron chi connectivity index (χ1n) is 11.9. The summed E-state index contributed by atoms with van der Waals surface area (Å²) in [6, 6.07) is 0. The molecule has 0 rings (SSSR count). The predicted molar refractivity (Wildman–Crippen MR) is 389 cm³/mol. The summed E-state index contributed by atoms with van der Waals surface area (Å²) in [7, 11) is 0. The summed E-state index contributed by atoms with van der Waals surface area (Å²) >= 11 is 139. The van der Waals surface area contributed by atoms with Gasteiger partial charge in [0.1, 0.15) is 48.5 Å². The zero-order valence-corrected chi connectivity index (χ0v) is 84.1. The largest absolute Gasteiger partial charge is 0.750 e. The highest BCUT2D eigenvalue weighted by Gasteiger charge is 2.84. The molecule has 0 aromatic heterocycles. The quantitative estimate of drug-likeness (QED) is 0.102. The van der Waals surface area contributed by atoms with Crippen molar-refractivity contribution in [1.29, 1.82) is 0 Å². The Morgan fingerprint density at radius 3 is 0.475 bits per heavy atom. The molecule has 0 saturated carbocycles. The van der Waals surface area contributed by atoms with E-state index in [1.54, 1.807) is 0 Å². The highest BCUT2D eigenvalue weighted by Crippen LogP contribution is 2.84. The van der Waals surface area contributed by atoms with E-state index in [0.29, 0.717) is 0 Å². The minimum absolute atomic E-state index is 0.938. The lowest BCUT2D eigenvalue weighted by Crippen LogP contribution is -2.74. The van der Waals surface area contributed by atoms with E-state index in [1.165, 1.54) is 0 Å². The number of rotatable bonds is 18. The van der Waals surface area contributed by atoms with Gasteiger partial charge < -0.3 is 4.55 Å². The summed E-state index contributed by atoms with van der Waals surface area (Å²) in [6.07, 6.45) is 0. The number of hydrogen-bond acceptors (Lipinski definition) is 3. The third kappa shape index (κ3) is 13.4. The molecule has 0 aliphatic carbocycles. The van der Waals surface area contributed by atoms with Crippen molar-refractivity contribution in [2.75, 3.05) is 0 Å². The van der Waals surface area contributed by atoms with E-state index in [2.05, 4.69) is 589 Å². The molecular weight excluding hydrogens is 3250 g/mol. The Hall–Kier alpha value is 17.8. The first-order chi connectivity index (χ1) is 24.7. The van der Waals surface area contributed by atoms with Crippen LogP contribution < -0.4 is 0 Å². The first-order valence-corrected chi connectivity index (χ1v) is 42.3. The van der Waals surface area contributed by atoms with Crippen LogP contribution in [0, 0.1) is 0 Å². The van der Waals surface area contributed by atoms with Gasteiger partial charge >= 0.3 is 0 Å². The smallest absolute Gasteiger partial charge is 0.219 e. The molecule has 3 nitrogen and oxygen atoms in total. The van der Waals surface area contributed by atoms with Gasteiger partial charge in [0, 0.05) is 0 Å².